The van der Waals surface area contributed by atoms with Gasteiger partial charge in [-0.2, -0.15) is 0 Å². The van der Waals surface area contributed by atoms with Crippen LogP contribution in [0.5, 0.6) is 0 Å². The molecule has 0 spiro atoms. The highest BCUT2D eigenvalue weighted by atomic mass is 16.5. The minimum atomic E-state index is -0.927. The molecule has 0 bridgehead atoms. The van der Waals surface area contributed by atoms with Crippen LogP contribution in [0.4, 0.5) is 0 Å². The molecule has 1 unspecified atom stereocenters. The fraction of sp³-hybridized carbons (Fsp3) is 0.308. The summed E-state index contributed by atoms with van der Waals surface area (Å²) in [6.45, 7) is 5.54. The van der Waals surface area contributed by atoms with Crippen molar-refractivity contribution in [1.29, 1.82) is 0 Å². The molecule has 0 aliphatic carbocycles. The van der Waals surface area contributed by atoms with E-state index in [1.165, 1.54) is 6.26 Å². The van der Waals surface area contributed by atoms with Gasteiger partial charge < -0.3 is 9.84 Å². The Morgan fingerprint density at radius 1 is 1.56 bits per heavy atom. The van der Waals surface area contributed by atoms with E-state index in [0.29, 0.717) is 11.1 Å². The Labute approximate surface area is 95.4 Å². The van der Waals surface area contributed by atoms with Gasteiger partial charge in [-0.3, -0.25) is 0 Å². The molecule has 86 valence electrons. The van der Waals surface area contributed by atoms with Gasteiger partial charge in [-0.15, -0.1) is 0 Å². The van der Waals surface area contributed by atoms with E-state index >= 15 is 0 Å². The number of carboxylic acids is 1. The van der Waals surface area contributed by atoms with Crippen molar-refractivity contribution >= 4 is 5.97 Å². The molecular formula is C13H16O3. The molecule has 1 aromatic carbocycles. The monoisotopic (exact) mass is 220 g/mol. The van der Waals surface area contributed by atoms with Crippen molar-refractivity contribution < 1.29 is 14.6 Å². The van der Waals surface area contributed by atoms with Gasteiger partial charge in [0.2, 0.25) is 0 Å². The number of aromatic carboxylic acids is 1. The first-order valence-corrected chi connectivity index (χ1v) is 5.29. The van der Waals surface area contributed by atoms with Gasteiger partial charge in [0.25, 0.3) is 0 Å². The number of hydrogen-bond donors (Lipinski definition) is 1. The van der Waals surface area contributed by atoms with Crippen LogP contribution in [0, 0.1) is 0 Å². The van der Waals surface area contributed by atoms with E-state index < -0.39 is 5.97 Å². The molecule has 0 fully saturated rings. The molecule has 3 heteroatoms. The third-order valence-corrected chi connectivity index (χ3v) is 2.35. The maximum absolute atomic E-state index is 11.1. The molecule has 1 atom stereocenters. The van der Waals surface area contributed by atoms with Crippen LogP contribution in [0.15, 0.2) is 37.1 Å². The van der Waals surface area contributed by atoms with E-state index in [0.717, 1.165) is 12.8 Å². The molecule has 0 aromatic heterocycles. The summed E-state index contributed by atoms with van der Waals surface area (Å²) in [6.07, 6.45) is 2.83. The molecule has 0 amide bonds. The zero-order valence-electron chi connectivity index (χ0n) is 9.35. The maximum Gasteiger partial charge on any atom is 0.336 e. The van der Waals surface area contributed by atoms with E-state index in [1.54, 1.807) is 18.2 Å². The average Bonchev–Trinajstić information content (AvgIpc) is 2.29. The summed E-state index contributed by atoms with van der Waals surface area (Å²) in [5.74, 6) is -0.927. The molecule has 1 rings (SSSR count). The van der Waals surface area contributed by atoms with Gasteiger partial charge in [0.05, 0.1) is 11.8 Å². The van der Waals surface area contributed by atoms with E-state index in [1.807, 2.05) is 13.0 Å². The van der Waals surface area contributed by atoms with E-state index in [4.69, 9.17) is 9.84 Å². The number of ether oxygens (including phenoxy) is 1. The summed E-state index contributed by atoms with van der Waals surface area (Å²) in [5, 5.41) is 9.07. The van der Waals surface area contributed by atoms with Gasteiger partial charge in [-0.1, -0.05) is 38.1 Å². The van der Waals surface area contributed by atoms with Gasteiger partial charge in [-0.05, 0) is 12.5 Å². The third-order valence-electron chi connectivity index (χ3n) is 2.35. The second-order valence-corrected chi connectivity index (χ2v) is 3.47. The van der Waals surface area contributed by atoms with Crippen LogP contribution in [0.3, 0.4) is 0 Å². The molecule has 1 N–H and O–H groups in total. The van der Waals surface area contributed by atoms with Gasteiger partial charge in [-0.25, -0.2) is 4.79 Å². The summed E-state index contributed by atoms with van der Waals surface area (Å²) >= 11 is 0. The molecule has 3 nitrogen and oxygen atoms in total. The van der Waals surface area contributed by atoms with Crippen LogP contribution in [0.2, 0.25) is 0 Å². The number of carboxylic acid groups (broad SMARTS) is 1. The molecule has 1 aromatic rings. The Balaban J connectivity index is 3.06. The van der Waals surface area contributed by atoms with Crippen molar-refractivity contribution in [3.63, 3.8) is 0 Å². The lowest BCUT2D eigenvalue weighted by atomic mass is 9.99. The van der Waals surface area contributed by atoms with Crippen molar-refractivity contribution in [1.82, 2.24) is 0 Å². The van der Waals surface area contributed by atoms with Gasteiger partial charge >= 0.3 is 5.97 Å². The van der Waals surface area contributed by atoms with Crippen molar-refractivity contribution in [3.05, 3.63) is 48.2 Å². The molecular weight excluding hydrogens is 204 g/mol. The van der Waals surface area contributed by atoms with Gasteiger partial charge in [0, 0.05) is 5.56 Å². The van der Waals surface area contributed by atoms with Crippen molar-refractivity contribution in [2.24, 2.45) is 0 Å². The first kappa shape index (κ1) is 12.3. The zero-order chi connectivity index (χ0) is 12.0. The minimum Gasteiger partial charge on any atom is -0.494 e. The minimum absolute atomic E-state index is 0.227. The van der Waals surface area contributed by atoms with Gasteiger partial charge in [0.1, 0.15) is 6.10 Å². The predicted molar refractivity (Wildman–Crippen MR) is 62.3 cm³/mol. The van der Waals surface area contributed by atoms with Crippen LogP contribution < -0.4 is 0 Å². The van der Waals surface area contributed by atoms with Crippen molar-refractivity contribution in [3.8, 4) is 0 Å². The van der Waals surface area contributed by atoms with Crippen molar-refractivity contribution in [2.45, 2.75) is 25.9 Å². The topological polar surface area (TPSA) is 46.5 Å². The molecule has 0 aliphatic heterocycles. The smallest absolute Gasteiger partial charge is 0.336 e. The fourth-order valence-electron chi connectivity index (χ4n) is 1.65. The average molecular weight is 220 g/mol. The van der Waals surface area contributed by atoms with E-state index in [2.05, 4.69) is 6.58 Å². The Bertz CT molecular complexity index is 371. The lowest BCUT2D eigenvalue weighted by Crippen LogP contribution is -2.08. The normalized spacial score (nSPS) is 11.8. The van der Waals surface area contributed by atoms with Crippen LogP contribution >= 0.6 is 0 Å². The summed E-state index contributed by atoms with van der Waals surface area (Å²) < 4.78 is 5.36. The lowest BCUT2D eigenvalue weighted by molar-refractivity contribution is 0.0685. The Hall–Kier alpha value is -1.77. The summed E-state index contributed by atoms with van der Waals surface area (Å²) in [5.41, 5.74) is 1.000. The molecule has 0 aliphatic rings. The van der Waals surface area contributed by atoms with Crippen LogP contribution in [-0.4, -0.2) is 11.1 Å². The fourth-order valence-corrected chi connectivity index (χ4v) is 1.65. The second kappa shape index (κ2) is 5.95. The van der Waals surface area contributed by atoms with E-state index in [9.17, 15) is 4.79 Å². The number of hydrogen-bond acceptors (Lipinski definition) is 2. The third kappa shape index (κ3) is 2.86. The SMILES string of the molecule is C=COC(CCC)c1ccccc1C(=O)O. The molecule has 0 radical (unpaired) electrons. The van der Waals surface area contributed by atoms with Crippen LogP contribution in [-0.2, 0) is 4.74 Å². The maximum atomic E-state index is 11.1. The van der Waals surface area contributed by atoms with Crippen molar-refractivity contribution in [2.75, 3.05) is 0 Å². The highest BCUT2D eigenvalue weighted by Gasteiger charge is 2.17. The summed E-state index contributed by atoms with van der Waals surface area (Å²) in [7, 11) is 0. The predicted octanol–water partition coefficient (Wildman–Crippen LogP) is 3.39. The van der Waals surface area contributed by atoms with Gasteiger partial charge in [0.15, 0.2) is 0 Å². The standard InChI is InChI=1S/C13H16O3/c1-3-7-12(16-4-2)10-8-5-6-9-11(10)13(14)15/h4-6,8-9,12H,2-3,7H2,1H3,(H,14,15). The number of benzene rings is 1. The first-order valence-electron chi connectivity index (χ1n) is 5.29. The Kier molecular flexibility index (Phi) is 4.58. The zero-order valence-corrected chi connectivity index (χ0v) is 9.35. The van der Waals surface area contributed by atoms with Crippen LogP contribution in [0.25, 0.3) is 0 Å². The Morgan fingerprint density at radius 3 is 2.81 bits per heavy atom. The number of rotatable bonds is 6. The molecule has 0 saturated heterocycles. The number of carbonyl (C=O) groups is 1. The summed E-state index contributed by atoms with van der Waals surface area (Å²) in [4.78, 5) is 11.1. The highest BCUT2D eigenvalue weighted by Crippen LogP contribution is 2.26. The summed E-state index contributed by atoms with van der Waals surface area (Å²) in [6, 6.07) is 6.90. The quantitative estimate of drug-likeness (QED) is 0.747. The Morgan fingerprint density at radius 2 is 2.25 bits per heavy atom. The van der Waals surface area contributed by atoms with E-state index in [-0.39, 0.29) is 6.10 Å². The highest BCUT2D eigenvalue weighted by molar-refractivity contribution is 5.89. The lowest BCUT2D eigenvalue weighted by Gasteiger charge is -2.17. The molecule has 0 heterocycles. The molecule has 0 saturated carbocycles. The molecule has 16 heavy (non-hydrogen) atoms. The second-order valence-electron chi connectivity index (χ2n) is 3.47. The first-order chi connectivity index (χ1) is 7.70. The largest absolute Gasteiger partial charge is 0.494 e. The van der Waals surface area contributed by atoms with Crippen LogP contribution in [0.1, 0.15) is 41.8 Å².